The minimum Gasteiger partial charge on any atom is -0.403 e. The Hall–Kier alpha value is -1.19. The third-order valence-corrected chi connectivity index (χ3v) is 0.701. The summed E-state index contributed by atoms with van der Waals surface area (Å²) < 4.78 is 0. The molecule has 0 aromatic carbocycles. The molecule has 0 spiro atoms. The summed E-state index contributed by atoms with van der Waals surface area (Å²) >= 11 is 0. The highest BCUT2D eigenvalue weighted by atomic mass is 16.1. The molecule has 0 radical (unpaired) electrons. The van der Waals surface area contributed by atoms with E-state index in [9.17, 15) is 4.79 Å². The molecule has 0 aromatic heterocycles. The van der Waals surface area contributed by atoms with Crippen LogP contribution in [-0.4, -0.2) is 13.0 Å². The van der Waals surface area contributed by atoms with E-state index >= 15 is 0 Å². The van der Waals surface area contributed by atoms with E-state index in [-0.39, 0.29) is 5.70 Å². The van der Waals surface area contributed by atoms with Gasteiger partial charge in [0.25, 0.3) is 5.91 Å². The van der Waals surface area contributed by atoms with Gasteiger partial charge in [-0.3, -0.25) is 4.79 Å². The predicted molar refractivity (Wildman–Crippen MR) is 30.5 cm³/mol. The number of likely N-dealkylation sites (N-methyl/N-ethyl adjacent to an activating group) is 1. The van der Waals surface area contributed by atoms with Crippen LogP contribution in [0.1, 0.15) is 0 Å². The lowest BCUT2D eigenvalue weighted by molar-refractivity contribution is -0.114. The van der Waals surface area contributed by atoms with Gasteiger partial charge in [-0.25, -0.2) is 0 Å². The second kappa shape index (κ2) is 2.90. The monoisotopic (exact) mass is 115 g/mol. The van der Waals surface area contributed by atoms with Gasteiger partial charge in [-0.15, -0.1) is 0 Å². The standard InChI is InChI=1S/C4H9N3O/c1-7-3(2-5)4(6)8/h2,7H,5H2,1H3,(H2,6,8)/b3-2+. The molecule has 0 saturated heterocycles. The van der Waals surface area contributed by atoms with Gasteiger partial charge in [-0.2, -0.15) is 0 Å². The second-order valence-electron chi connectivity index (χ2n) is 1.19. The summed E-state index contributed by atoms with van der Waals surface area (Å²) in [5.74, 6) is -0.546. The maximum absolute atomic E-state index is 10.2. The lowest BCUT2D eigenvalue weighted by Crippen LogP contribution is -2.24. The number of rotatable bonds is 2. The van der Waals surface area contributed by atoms with Crippen molar-refractivity contribution in [2.75, 3.05) is 7.05 Å². The number of hydrogen-bond acceptors (Lipinski definition) is 3. The number of nitrogens with one attached hydrogen (secondary N) is 1. The van der Waals surface area contributed by atoms with Crippen LogP contribution in [0, 0.1) is 0 Å². The first-order valence-electron chi connectivity index (χ1n) is 2.11. The Bertz CT molecular complexity index is 118. The summed E-state index contributed by atoms with van der Waals surface area (Å²) in [4.78, 5) is 10.2. The van der Waals surface area contributed by atoms with Gasteiger partial charge >= 0.3 is 0 Å². The fourth-order valence-electron chi connectivity index (χ4n) is 0.289. The molecule has 0 aliphatic rings. The Balaban J connectivity index is 3.92. The summed E-state index contributed by atoms with van der Waals surface area (Å²) in [5, 5.41) is 2.51. The molecule has 0 fully saturated rings. The van der Waals surface area contributed by atoms with Crippen LogP contribution in [0.25, 0.3) is 0 Å². The van der Waals surface area contributed by atoms with E-state index in [1.807, 2.05) is 0 Å². The molecule has 0 saturated carbocycles. The average molecular weight is 115 g/mol. The number of carbonyl (C=O) groups is 1. The number of hydrogen-bond donors (Lipinski definition) is 3. The molecule has 46 valence electrons. The summed E-state index contributed by atoms with van der Waals surface area (Å²) in [6.07, 6.45) is 1.13. The first kappa shape index (κ1) is 6.81. The van der Waals surface area contributed by atoms with Crippen LogP contribution in [0.2, 0.25) is 0 Å². The van der Waals surface area contributed by atoms with Gasteiger partial charge in [0.15, 0.2) is 0 Å². The van der Waals surface area contributed by atoms with Crippen molar-refractivity contribution in [3.63, 3.8) is 0 Å². The summed E-state index contributed by atoms with van der Waals surface area (Å²) in [7, 11) is 1.57. The van der Waals surface area contributed by atoms with E-state index in [1.165, 1.54) is 0 Å². The second-order valence-corrected chi connectivity index (χ2v) is 1.19. The lowest BCUT2D eigenvalue weighted by atomic mass is 10.4. The molecule has 8 heavy (non-hydrogen) atoms. The number of nitrogens with two attached hydrogens (primary N) is 2. The Morgan fingerprint density at radius 2 is 2.25 bits per heavy atom. The maximum Gasteiger partial charge on any atom is 0.266 e. The quantitative estimate of drug-likeness (QED) is 0.383. The first-order valence-corrected chi connectivity index (χ1v) is 2.11. The van der Waals surface area contributed by atoms with Crippen molar-refractivity contribution in [1.82, 2.24) is 5.32 Å². The highest BCUT2D eigenvalue weighted by Gasteiger charge is 1.96. The molecule has 0 unspecified atom stereocenters. The molecule has 0 heterocycles. The van der Waals surface area contributed by atoms with Gasteiger partial charge in [-0.05, 0) is 0 Å². The molecule has 0 rings (SSSR count). The number of amides is 1. The van der Waals surface area contributed by atoms with Crippen LogP contribution in [0.4, 0.5) is 0 Å². The van der Waals surface area contributed by atoms with Gasteiger partial charge in [0, 0.05) is 13.2 Å². The third-order valence-electron chi connectivity index (χ3n) is 0.701. The minimum absolute atomic E-state index is 0.227. The lowest BCUT2D eigenvalue weighted by Gasteiger charge is -1.96. The average Bonchev–Trinajstić information content (AvgIpc) is 1.69. The van der Waals surface area contributed by atoms with Crippen LogP contribution >= 0.6 is 0 Å². The van der Waals surface area contributed by atoms with Crippen molar-refractivity contribution < 1.29 is 4.79 Å². The minimum atomic E-state index is -0.546. The van der Waals surface area contributed by atoms with Crippen LogP contribution in [0.5, 0.6) is 0 Å². The molecular formula is C4H9N3O. The normalized spacial score (nSPS) is 10.9. The van der Waals surface area contributed by atoms with Crippen LogP contribution in [-0.2, 0) is 4.79 Å². The summed E-state index contributed by atoms with van der Waals surface area (Å²) in [6.45, 7) is 0. The topological polar surface area (TPSA) is 81.1 Å². The van der Waals surface area contributed by atoms with Crippen molar-refractivity contribution in [2.24, 2.45) is 11.5 Å². The Labute approximate surface area is 47.5 Å². The Morgan fingerprint density at radius 1 is 1.75 bits per heavy atom. The summed E-state index contributed by atoms with van der Waals surface area (Å²) in [5.41, 5.74) is 9.99. The van der Waals surface area contributed by atoms with Gasteiger partial charge in [0.2, 0.25) is 0 Å². The van der Waals surface area contributed by atoms with Crippen molar-refractivity contribution in [3.05, 3.63) is 11.9 Å². The van der Waals surface area contributed by atoms with Gasteiger partial charge in [-0.1, -0.05) is 0 Å². The molecular weight excluding hydrogens is 106 g/mol. The molecule has 4 heteroatoms. The third kappa shape index (κ3) is 1.51. The molecule has 0 aliphatic carbocycles. The smallest absolute Gasteiger partial charge is 0.266 e. The number of primary amides is 1. The maximum atomic E-state index is 10.2. The fraction of sp³-hybridized carbons (Fsp3) is 0.250. The fourth-order valence-corrected chi connectivity index (χ4v) is 0.289. The van der Waals surface area contributed by atoms with Crippen molar-refractivity contribution in [3.8, 4) is 0 Å². The molecule has 1 amide bonds. The van der Waals surface area contributed by atoms with Crippen LogP contribution < -0.4 is 16.8 Å². The molecule has 0 aliphatic heterocycles. The summed E-state index contributed by atoms with van der Waals surface area (Å²) in [6, 6.07) is 0. The van der Waals surface area contributed by atoms with E-state index in [0.717, 1.165) is 6.20 Å². The van der Waals surface area contributed by atoms with Crippen molar-refractivity contribution in [1.29, 1.82) is 0 Å². The predicted octanol–water partition coefficient (Wildman–Crippen LogP) is -1.51. The van der Waals surface area contributed by atoms with Crippen molar-refractivity contribution >= 4 is 5.91 Å². The zero-order valence-corrected chi connectivity index (χ0v) is 4.64. The molecule has 4 nitrogen and oxygen atoms in total. The van der Waals surface area contributed by atoms with Gasteiger partial charge in [0.1, 0.15) is 5.70 Å². The Morgan fingerprint density at radius 3 is 2.25 bits per heavy atom. The van der Waals surface area contributed by atoms with E-state index < -0.39 is 5.91 Å². The molecule has 5 N–H and O–H groups in total. The van der Waals surface area contributed by atoms with E-state index in [1.54, 1.807) is 7.05 Å². The SMILES string of the molecule is CN/C(=C/N)C(N)=O. The van der Waals surface area contributed by atoms with Gasteiger partial charge < -0.3 is 16.8 Å². The van der Waals surface area contributed by atoms with E-state index in [4.69, 9.17) is 11.5 Å². The van der Waals surface area contributed by atoms with Crippen molar-refractivity contribution in [2.45, 2.75) is 0 Å². The number of carbonyl (C=O) groups excluding carboxylic acids is 1. The highest BCUT2D eigenvalue weighted by Crippen LogP contribution is 1.77. The van der Waals surface area contributed by atoms with Crippen LogP contribution in [0.15, 0.2) is 11.9 Å². The molecule has 0 aromatic rings. The molecule has 0 atom stereocenters. The van der Waals surface area contributed by atoms with E-state index in [2.05, 4.69) is 5.32 Å². The highest BCUT2D eigenvalue weighted by molar-refractivity contribution is 5.90. The van der Waals surface area contributed by atoms with Crippen LogP contribution in [0.3, 0.4) is 0 Å². The van der Waals surface area contributed by atoms with Gasteiger partial charge in [0.05, 0.1) is 0 Å². The zero-order valence-electron chi connectivity index (χ0n) is 4.64. The Kier molecular flexibility index (Phi) is 2.47. The zero-order chi connectivity index (χ0) is 6.57. The largest absolute Gasteiger partial charge is 0.403 e. The first-order chi connectivity index (χ1) is 3.72. The van der Waals surface area contributed by atoms with E-state index in [0.29, 0.717) is 0 Å². The molecule has 0 bridgehead atoms.